The summed E-state index contributed by atoms with van der Waals surface area (Å²) in [6, 6.07) is 10.2. The molecule has 374 valence electrons. The first-order valence-electron chi connectivity index (χ1n) is 27.0. The number of nitrogens with zero attached hydrogens (tertiary/aromatic N) is 2. The third kappa shape index (κ3) is 35.2. The van der Waals surface area contributed by atoms with Gasteiger partial charge in [-0.2, -0.15) is 0 Å². The number of Topliss-reactive ketones (excluding diaryl/α,β-unsaturated/α-hetero) is 1. The third-order valence-corrected chi connectivity index (χ3v) is 10.7. The second-order valence-electron chi connectivity index (χ2n) is 17.1. The van der Waals surface area contributed by atoms with Gasteiger partial charge in [-0.05, 0) is 81.9 Å². The standard InChI is InChI=1S/C27H35N3O2.C10H22.C6H14.C5H10.C4H10.C3H8.2C2H6/c1-7-10-26(32-6)20(4)23-17-21(16-19(3)28-23)25(31)11-8-9-12-27-29-22-14-13-18(2)15-24(22)30(27)5;1-4-6-7-9-10(3)8-5-2;1-3-5-6-4-2;1-2-4-5-3-1;1-3-4-2;1-3-2;2*1-2/h12-17,29H,7-11H2,1-6H3;10H,4-9H2,1-3H3;3-6H2,1-2H3;1-5H2;3-4H2,1-2H3;3H2,1-2H3;2*1-2H3/b26-20-,27-12-;;;;;;;. The molecule has 0 amide bonds. The lowest BCUT2D eigenvalue weighted by molar-refractivity contribution is 0.0980. The third-order valence-electron chi connectivity index (χ3n) is 10.7. The minimum absolute atomic E-state index is 0.157. The number of nitrogens with one attached hydrogen (secondary N) is 1. The SMILES string of the molecule is C1CCCC1.CC.CC.CCC.CCC/C(OC)=C(\C)c1cc(C(=O)CCC/C=C2/Nc3ccc(C)cc3N2C)cc(C)n1.CCCC.CCCCCC.CCCCCC(C)CCC. The van der Waals surface area contributed by atoms with Crippen molar-refractivity contribution in [1.29, 1.82) is 0 Å². The average Bonchev–Trinajstić information content (AvgIpc) is 4.00. The van der Waals surface area contributed by atoms with Gasteiger partial charge in [0.2, 0.25) is 0 Å². The Labute approximate surface area is 401 Å². The van der Waals surface area contributed by atoms with E-state index in [9.17, 15) is 4.79 Å². The Morgan fingerprint density at radius 3 is 1.72 bits per heavy atom. The Morgan fingerprint density at radius 2 is 1.25 bits per heavy atom. The molecule has 5 nitrogen and oxygen atoms in total. The quantitative estimate of drug-likeness (QED) is 0.0865. The van der Waals surface area contributed by atoms with Crippen molar-refractivity contribution in [3.05, 3.63) is 70.5 Å². The van der Waals surface area contributed by atoms with Crippen LogP contribution in [0.3, 0.4) is 0 Å². The number of unbranched alkanes of at least 4 members (excludes halogenated alkanes) is 7. The second-order valence-corrected chi connectivity index (χ2v) is 17.1. The highest BCUT2D eigenvalue weighted by Gasteiger charge is 2.20. The molecule has 2 aromatic rings. The molecule has 0 bridgehead atoms. The summed E-state index contributed by atoms with van der Waals surface area (Å²) in [5.74, 6) is 3.13. The molecule has 1 N–H and O–H groups in total. The fraction of sp³-hybridized carbons (Fsp3) is 0.729. The van der Waals surface area contributed by atoms with Crippen LogP contribution in [0.2, 0.25) is 0 Å². The van der Waals surface area contributed by atoms with Crippen molar-refractivity contribution >= 4 is 22.7 Å². The molecule has 1 aliphatic heterocycles. The van der Waals surface area contributed by atoms with Crippen LogP contribution in [0.1, 0.15) is 279 Å². The van der Waals surface area contributed by atoms with E-state index >= 15 is 0 Å². The van der Waals surface area contributed by atoms with Crippen LogP contribution >= 0.6 is 0 Å². The average molecular weight is 895 g/mol. The zero-order valence-electron chi connectivity index (χ0n) is 46.5. The molecule has 4 rings (SSSR count). The molecule has 1 saturated carbocycles. The van der Waals surface area contributed by atoms with Crippen molar-refractivity contribution in [3.63, 3.8) is 0 Å². The zero-order valence-corrected chi connectivity index (χ0v) is 46.5. The summed E-state index contributed by atoms with van der Waals surface area (Å²) in [5.41, 5.74) is 6.96. The van der Waals surface area contributed by atoms with Crippen molar-refractivity contribution in [2.24, 2.45) is 5.92 Å². The van der Waals surface area contributed by atoms with E-state index in [0.29, 0.717) is 6.42 Å². The summed E-state index contributed by atoms with van der Waals surface area (Å²) in [7, 11) is 3.76. The highest BCUT2D eigenvalue weighted by molar-refractivity contribution is 5.96. The van der Waals surface area contributed by atoms with E-state index in [1.807, 2.05) is 53.7 Å². The lowest BCUT2D eigenvalue weighted by Crippen LogP contribution is -2.14. The van der Waals surface area contributed by atoms with Crippen LogP contribution in [0.25, 0.3) is 5.57 Å². The molecule has 0 spiro atoms. The van der Waals surface area contributed by atoms with Gasteiger partial charge in [0.1, 0.15) is 11.6 Å². The Balaban J connectivity index is -0.000000455. The van der Waals surface area contributed by atoms with E-state index in [-0.39, 0.29) is 5.78 Å². The minimum atomic E-state index is 0.157. The number of hydrogen-bond donors (Lipinski definition) is 1. The van der Waals surface area contributed by atoms with Gasteiger partial charge in [0.05, 0.1) is 24.2 Å². The summed E-state index contributed by atoms with van der Waals surface area (Å²) < 4.78 is 5.55. The van der Waals surface area contributed by atoms with Crippen molar-refractivity contribution in [2.75, 3.05) is 24.4 Å². The van der Waals surface area contributed by atoms with Crippen LogP contribution in [-0.2, 0) is 4.74 Å². The number of aryl methyl sites for hydroxylation is 2. The van der Waals surface area contributed by atoms with Crippen molar-refractivity contribution in [3.8, 4) is 0 Å². The summed E-state index contributed by atoms with van der Waals surface area (Å²) >= 11 is 0. The van der Waals surface area contributed by atoms with Crippen molar-refractivity contribution in [2.45, 2.75) is 265 Å². The first-order chi connectivity index (χ1) is 30.9. The van der Waals surface area contributed by atoms with Gasteiger partial charge in [0, 0.05) is 36.7 Å². The maximum Gasteiger partial charge on any atom is 0.163 e. The molecule has 1 fully saturated rings. The van der Waals surface area contributed by atoms with Crippen LogP contribution in [0.4, 0.5) is 11.4 Å². The predicted molar refractivity (Wildman–Crippen MR) is 293 cm³/mol. The molecule has 1 aromatic heterocycles. The molecule has 1 unspecified atom stereocenters. The number of methoxy groups -OCH3 is 1. The molecule has 5 heteroatoms. The maximum atomic E-state index is 12.9. The number of rotatable bonds is 19. The highest BCUT2D eigenvalue weighted by atomic mass is 16.5. The summed E-state index contributed by atoms with van der Waals surface area (Å²) in [6.07, 6.45) is 31.6. The molecular weight excluding hydrogens is 783 g/mol. The molecule has 64 heavy (non-hydrogen) atoms. The Bertz CT molecular complexity index is 1380. The number of fused-ring (bicyclic) bond motifs is 1. The molecule has 2 heterocycles. The number of aromatic nitrogens is 1. The maximum absolute atomic E-state index is 12.9. The molecule has 0 saturated heterocycles. The number of ether oxygens (including phenoxy) is 1. The van der Waals surface area contributed by atoms with Gasteiger partial charge in [0.25, 0.3) is 0 Å². The molecule has 1 aliphatic carbocycles. The minimum Gasteiger partial charge on any atom is -0.501 e. The summed E-state index contributed by atoms with van der Waals surface area (Å²) in [5, 5.41) is 3.46. The van der Waals surface area contributed by atoms with Gasteiger partial charge in [-0.25, -0.2) is 0 Å². The number of carbonyl (C=O) groups excluding carboxylic acids is 1. The van der Waals surface area contributed by atoms with Gasteiger partial charge in [0.15, 0.2) is 5.78 Å². The van der Waals surface area contributed by atoms with Crippen LogP contribution in [0, 0.1) is 19.8 Å². The van der Waals surface area contributed by atoms with E-state index in [0.717, 1.165) is 71.4 Å². The van der Waals surface area contributed by atoms with E-state index in [4.69, 9.17) is 4.74 Å². The van der Waals surface area contributed by atoms with E-state index in [1.165, 1.54) is 127 Å². The largest absolute Gasteiger partial charge is 0.501 e. The number of pyridine rings is 1. The zero-order chi connectivity index (χ0) is 49.6. The first-order valence-corrected chi connectivity index (χ1v) is 27.0. The fourth-order valence-corrected chi connectivity index (χ4v) is 6.81. The first kappa shape index (κ1) is 67.5. The Hall–Kier alpha value is -3.08. The lowest BCUT2D eigenvalue weighted by atomic mass is 9.99. The smallest absolute Gasteiger partial charge is 0.163 e. The fourth-order valence-electron chi connectivity index (χ4n) is 6.81. The highest BCUT2D eigenvalue weighted by Crippen LogP contribution is 2.36. The molecule has 0 radical (unpaired) electrons. The second kappa shape index (κ2) is 49.4. The van der Waals surface area contributed by atoms with Crippen LogP contribution in [-0.4, -0.2) is 24.9 Å². The van der Waals surface area contributed by atoms with Crippen molar-refractivity contribution in [1.82, 2.24) is 4.98 Å². The number of carbonyl (C=O) groups is 1. The molecule has 1 atom stereocenters. The number of benzene rings is 1. The summed E-state index contributed by atoms with van der Waals surface area (Å²) in [4.78, 5) is 19.7. The normalized spacial score (nSPS) is 13.2. The topological polar surface area (TPSA) is 54.5 Å². The number of ketones is 1. The van der Waals surface area contributed by atoms with Gasteiger partial charge in [-0.3, -0.25) is 9.78 Å². The van der Waals surface area contributed by atoms with Crippen LogP contribution in [0.15, 0.2) is 48.0 Å². The lowest BCUT2D eigenvalue weighted by Gasteiger charge is -2.13. The van der Waals surface area contributed by atoms with Crippen LogP contribution in [0.5, 0.6) is 0 Å². The van der Waals surface area contributed by atoms with E-state index in [1.54, 1.807) is 7.11 Å². The van der Waals surface area contributed by atoms with E-state index < -0.39 is 0 Å². The van der Waals surface area contributed by atoms with Gasteiger partial charge >= 0.3 is 0 Å². The van der Waals surface area contributed by atoms with Gasteiger partial charge < -0.3 is 15.0 Å². The number of allylic oxidation sites excluding steroid dienone is 3. The monoisotopic (exact) mass is 894 g/mol. The van der Waals surface area contributed by atoms with Crippen LogP contribution < -0.4 is 10.2 Å². The Kier molecular flexibility index (Phi) is 52.1. The summed E-state index contributed by atoms with van der Waals surface area (Å²) in [6.45, 7) is 36.2. The van der Waals surface area contributed by atoms with Crippen molar-refractivity contribution < 1.29 is 9.53 Å². The molecular formula is C59H111N3O2. The van der Waals surface area contributed by atoms with Gasteiger partial charge in [-0.1, -0.05) is 219 Å². The predicted octanol–water partition coefficient (Wildman–Crippen LogP) is 20.4. The number of anilines is 2. The van der Waals surface area contributed by atoms with Gasteiger partial charge in [-0.15, -0.1) is 0 Å². The molecule has 2 aliphatic rings. The number of hydrogen-bond acceptors (Lipinski definition) is 5. The molecule has 1 aromatic carbocycles. The van der Waals surface area contributed by atoms with E-state index in [2.05, 4.69) is 123 Å². The Morgan fingerprint density at radius 1 is 0.719 bits per heavy atom.